The Morgan fingerprint density at radius 3 is 2.87 bits per heavy atom. The van der Waals surface area contributed by atoms with Crippen molar-refractivity contribution in [1.29, 1.82) is 0 Å². The minimum atomic E-state index is 0.313. The molecule has 1 aliphatic rings. The number of fused-ring (bicyclic) bond motifs is 1. The molecule has 3 aromatic rings. The van der Waals surface area contributed by atoms with Crippen molar-refractivity contribution in [2.24, 2.45) is 0 Å². The second kappa shape index (κ2) is 8.65. The van der Waals surface area contributed by atoms with Crippen molar-refractivity contribution >= 4 is 17.0 Å². The standard InChI is InChI=1S/C23H29N7/c1-5-17(4)30-14-27-20-22(26-7-6-18-8-15(2)10-24-12-18)28-21(29-23(20)30)19-9-16(3)11-25-13-19/h8-9,11-14,17,24H,5-7,10H2,1-4H3,(H,26,28,29)/t17-/m0/s1. The molecule has 0 spiro atoms. The molecular weight excluding hydrogens is 374 g/mol. The van der Waals surface area contributed by atoms with Crippen LogP contribution in [0.25, 0.3) is 22.6 Å². The fourth-order valence-corrected chi connectivity index (χ4v) is 3.59. The Bertz CT molecular complexity index is 1110. The van der Waals surface area contributed by atoms with Crippen LogP contribution in [0.5, 0.6) is 0 Å². The molecule has 0 saturated heterocycles. The Hall–Kier alpha value is -3.22. The summed E-state index contributed by atoms with van der Waals surface area (Å²) in [7, 11) is 0. The van der Waals surface area contributed by atoms with Gasteiger partial charge in [-0.25, -0.2) is 15.0 Å². The first-order chi connectivity index (χ1) is 14.5. The van der Waals surface area contributed by atoms with Crippen LogP contribution < -0.4 is 10.6 Å². The van der Waals surface area contributed by atoms with E-state index in [9.17, 15) is 0 Å². The van der Waals surface area contributed by atoms with Gasteiger partial charge in [-0.15, -0.1) is 0 Å². The van der Waals surface area contributed by atoms with Gasteiger partial charge in [-0.2, -0.15) is 0 Å². The molecule has 3 aromatic heterocycles. The van der Waals surface area contributed by atoms with Gasteiger partial charge in [0.1, 0.15) is 5.52 Å². The van der Waals surface area contributed by atoms with Crippen molar-refractivity contribution in [3.63, 3.8) is 0 Å². The number of nitrogens with one attached hydrogen (secondary N) is 2. The number of dihydropyridines is 1. The highest BCUT2D eigenvalue weighted by molar-refractivity contribution is 5.85. The molecule has 30 heavy (non-hydrogen) atoms. The highest BCUT2D eigenvalue weighted by Crippen LogP contribution is 2.27. The Morgan fingerprint density at radius 2 is 2.10 bits per heavy atom. The molecule has 156 valence electrons. The summed E-state index contributed by atoms with van der Waals surface area (Å²) in [4.78, 5) is 18.6. The molecular formula is C23H29N7. The molecule has 0 amide bonds. The number of hydrogen-bond donors (Lipinski definition) is 2. The van der Waals surface area contributed by atoms with Crippen LogP contribution in [0.4, 0.5) is 5.82 Å². The number of nitrogens with zero attached hydrogens (tertiary/aromatic N) is 5. The largest absolute Gasteiger partial charge is 0.387 e. The summed E-state index contributed by atoms with van der Waals surface area (Å²) in [5.41, 5.74) is 6.28. The van der Waals surface area contributed by atoms with Crippen molar-refractivity contribution in [3.05, 3.63) is 53.8 Å². The molecule has 2 N–H and O–H groups in total. The number of allylic oxidation sites excluding steroid dienone is 1. The van der Waals surface area contributed by atoms with Crippen LogP contribution >= 0.6 is 0 Å². The molecule has 0 fully saturated rings. The Labute approximate surface area is 177 Å². The summed E-state index contributed by atoms with van der Waals surface area (Å²) in [6.45, 7) is 10.2. The summed E-state index contributed by atoms with van der Waals surface area (Å²) in [5.74, 6) is 1.43. The van der Waals surface area contributed by atoms with Crippen LogP contribution in [0.1, 0.15) is 45.2 Å². The highest BCUT2D eigenvalue weighted by atomic mass is 15.2. The van der Waals surface area contributed by atoms with Crippen LogP contribution in [-0.2, 0) is 0 Å². The number of aromatic nitrogens is 5. The zero-order valence-corrected chi connectivity index (χ0v) is 18.1. The third kappa shape index (κ3) is 4.20. The van der Waals surface area contributed by atoms with Crippen molar-refractivity contribution in [2.75, 3.05) is 18.4 Å². The monoisotopic (exact) mass is 403 g/mol. The lowest BCUT2D eigenvalue weighted by molar-refractivity contribution is 0.541. The van der Waals surface area contributed by atoms with E-state index in [2.05, 4.69) is 64.3 Å². The van der Waals surface area contributed by atoms with Gasteiger partial charge in [0.15, 0.2) is 17.3 Å². The van der Waals surface area contributed by atoms with Gasteiger partial charge in [0.05, 0.1) is 6.33 Å². The van der Waals surface area contributed by atoms with Crippen molar-refractivity contribution in [1.82, 2.24) is 29.8 Å². The average Bonchev–Trinajstić information content (AvgIpc) is 3.17. The van der Waals surface area contributed by atoms with E-state index in [1.165, 1.54) is 11.1 Å². The van der Waals surface area contributed by atoms with E-state index in [1.54, 1.807) is 0 Å². The van der Waals surface area contributed by atoms with Crippen LogP contribution in [0.2, 0.25) is 0 Å². The lowest BCUT2D eigenvalue weighted by Gasteiger charge is -2.14. The van der Waals surface area contributed by atoms with E-state index in [0.29, 0.717) is 11.9 Å². The quantitative estimate of drug-likeness (QED) is 0.608. The van der Waals surface area contributed by atoms with E-state index in [1.807, 2.05) is 25.6 Å². The third-order valence-corrected chi connectivity index (χ3v) is 5.43. The lowest BCUT2D eigenvalue weighted by Crippen LogP contribution is -2.15. The molecule has 1 aliphatic heterocycles. The Kier molecular flexibility index (Phi) is 5.79. The van der Waals surface area contributed by atoms with Gasteiger partial charge < -0.3 is 15.2 Å². The topological polar surface area (TPSA) is 80.5 Å². The average molecular weight is 404 g/mol. The predicted octanol–water partition coefficient (Wildman–Crippen LogP) is 4.40. The molecule has 0 bridgehead atoms. The van der Waals surface area contributed by atoms with E-state index in [4.69, 9.17) is 9.97 Å². The number of hydrogen-bond acceptors (Lipinski definition) is 6. The minimum absolute atomic E-state index is 0.313. The second-order valence-corrected chi connectivity index (χ2v) is 8.00. The summed E-state index contributed by atoms with van der Waals surface area (Å²) < 4.78 is 2.13. The van der Waals surface area contributed by atoms with Gasteiger partial charge in [0.25, 0.3) is 0 Å². The van der Waals surface area contributed by atoms with Gasteiger partial charge in [0.2, 0.25) is 0 Å². The minimum Gasteiger partial charge on any atom is -0.387 e. The van der Waals surface area contributed by atoms with E-state index >= 15 is 0 Å². The second-order valence-electron chi connectivity index (χ2n) is 8.00. The van der Waals surface area contributed by atoms with Crippen LogP contribution in [0, 0.1) is 6.92 Å². The number of pyridine rings is 1. The summed E-state index contributed by atoms with van der Waals surface area (Å²) >= 11 is 0. The first-order valence-corrected chi connectivity index (χ1v) is 10.5. The molecule has 1 atom stereocenters. The first kappa shape index (κ1) is 20.1. The molecule has 4 heterocycles. The molecule has 7 heteroatoms. The first-order valence-electron chi connectivity index (χ1n) is 10.5. The maximum atomic E-state index is 4.86. The number of rotatable bonds is 7. The Morgan fingerprint density at radius 1 is 1.23 bits per heavy atom. The smallest absolute Gasteiger partial charge is 0.166 e. The van der Waals surface area contributed by atoms with Crippen LogP contribution in [-0.4, -0.2) is 37.6 Å². The number of aryl methyl sites for hydroxylation is 1. The van der Waals surface area contributed by atoms with Crippen molar-refractivity contribution < 1.29 is 0 Å². The molecule has 0 aromatic carbocycles. The third-order valence-electron chi connectivity index (χ3n) is 5.43. The predicted molar refractivity (Wildman–Crippen MR) is 121 cm³/mol. The SMILES string of the molecule is CC[C@H](C)n1cnc2c(NCCC3=CNCC(C)=C3)nc(-c3cncc(C)c3)nc21. The van der Waals surface area contributed by atoms with Gasteiger partial charge >= 0.3 is 0 Å². The van der Waals surface area contributed by atoms with E-state index < -0.39 is 0 Å². The highest BCUT2D eigenvalue weighted by Gasteiger charge is 2.17. The zero-order valence-electron chi connectivity index (χ0n) is 18.1. The van der Waals surface area contributed by atoms with E-state index in [-0.39, 0.29) is 0 Å². The van der Waals surface area contributed by atoms with Crippen LogP contribution in [0.3, 0.4) is 0 Å². The fraction of sp³-hybridized carbons (Fsp3) is 0.391. The van der Waals surface area contributed by atoms with Gasteiger partial charge in [-0.05, 0) is 57.0 Å². The molecule has 0 unspecified atom stereocenters. The number of anilines is 1. The molecule has 0 aliphatic carbocycles. The van der Waals surface area contributed by atoms with Gasteiger partial charge in [0, 0.05) is 37.1 Å². The van der Waals surface area contributed by atoms with Crippen molar-refractivity contribution in [2.45, 2.75) is 46.6 Å². The zero-order chi connectivity index (χ0) is 21.1. The lowest BCUT2D eigenvalue weighted by atomic mass is 10.1. The van der Waals surface area contributed by atoms with Crippen molar-refractivity contribution in [3.8, 4) is 11.4 Å². The summed E-state index contributed by atoms with van der Waals surface area (Å²) in [6.07, 6.45) is 11.8. The van der Waals surface area contributed by atoms with Gasteiger partial charge in [-0.3, -0.25) is 4.98 Å². The molecule has 0 radical (unpaired) electrons. The maximum absolute atomic E-state index is 4.86. The maximum Gasteiger partial charge on any atom is 0.166 e. The van der Waals surface area contributed by atoms with Gasteiger partial charge in [-0.1, -0.05) is 18.6 Å². The Balaban J connectivity index is 1.68. The van der Waals surface area contributed by atoms with Crippen LogP contribution in [0.15, 0.2) is 48.2 Å². The molecule has 7 nitrogen and oxygen atoms in total. The normalized spacial score (nSPS) is 14.8. The fourth-order valence-electron chi connectivity index (χ4n) is 3.59. The van der Waals surface area contributed by atoms with E-state index in [0.717, 1.165) is 54.0 Å². The summed E-state index contributed by atoms with van der Waals surface area (Å²) in [5, 5.41) is 6.81. The number of imidazole rings is 1. The molecule has 0 saturated carbocycles. The summed E-state index contributed by atoms with van der Waals surface area (Å²) in [6, 6.07) is 2.38. The molecule has 4 rings (SSSR count).